The highest BCUT2D eigenvalue weighted by atomic mass is 32.1. The first kappa shape index (κ1) is 12.4. The van der Waals surface area contributed by atoms with Crippen molar-refractivity contribution in [3.63, 3.8) is 0 Å². The summed E-state index contributed by atoms with van der Waals surface area (Å²) in [6, 6.07) is 0. The van der Waals surface area contributed by atoms with Crippen molar-refractivity contribution < 1.29 is 4.79 Å². The van der Waals surface area contributed by atoms with Gasteiger partial charge in [0, 0.05) is 6.54 Å². The van der Waals surface area contributed by atoms with Crippen molar-refractivity contribution in [1.29, 1.82) is 0 Å². The van der Waals surface area contributed by atoms with Crippen LogP contribution < -0.4 is 10.6 Å². The monoisotopic (exact) mass is 267 g/mol. The summed E-state index contributed by atoms with van der Waals surface area (Å²) in [6.07, 6.45) is 0. The molecule has 2 heterocycles. The standard InChI is InChI=1S/C9H13N7OS/c1-3-10-9-12-5(2)7(18-9)8(17)11-4-6-13-15-16-14-6/h3-4H2,1-2H3,(H,10,12)(H,11,17)(H,13,14,15,16). The number of aromatic nitrogens is 5. The molecule has 2 rings (SSSR count). The van der Waals surface area contributed by atoms with Crippen LogP contribution in [-0.4, -0.2) is 38.1 Å². The first-order valence-corrected chi connectivity index (χ1v) is 6.24. The van der Waals surface area contributed by atoms with Crippen LogP contribution in [0.25, 0.3) is 0 Å². The fourth-order valence-electron chi connectivity index (χ4n) is 1.33. The minimum absolute atomic E-state index is 0.182. The van der Waals surface area contributed by atoms with Crippen molar-refractivity contribution in [1.82, 2.24) is 30.9 Å². The Morgan fingerprint density at radius 3 is 3.00 bits per heavy atom. The molecule has 0 atom stereocenters. The first-order valence-electron chi connectivity index (χ1n) is 5.42. The predicted molar refractivity (Wildman–Crippen MR) is 66.4 cm³/mol. The van der Waals surface area contributed by atoms with Crippen LogP contribution in [0.2, 0.25) is 0 Å². The number of carbonyl (C=O) groups is 1. The minimum atomic E-state index is -0.182. The lowest BCUT2D eigenvalue weighted by Crippen LogP contribution is -2.23. The van der Waals surface area contributed by atoms with E-state index >= 15 is 0 Å². The Bertz CT molecular complexity index is 521. The van der Waals surface area contributed by atoms with Gasteiger partial charge in [0.25, 0.3) is 5.91 Å². The topological polar surface area (TPSA) is 108 Å². The van der Waals surface area contributed by atoms with Gasteiger partial charge < -0.3 is 10.6 Å². The van der Waals surface area contributed by atoms with Crippen LogP contribution >= 0.6 is 11.3 Å². The summed E-state index contributed by atoms with van der Waals surface area (Å²) in [5.41, 5.74) is 0.710. The smallest absolute Gasteiger partial charge is 0.263 e. The van der Waals surface area contributed by atoms with E-state index in [1.54, 1.807) is 6.92 Å². The molecule has 1 amide bonds. The van der Waals surface area contributed by atoms with E-state index in [0.717, 1.165) is 11.7 Å². The quantitative estimate of drug-likeness (QED) is 0.720. The lowest BCUT2D eigenvalue weighted by molar-refractivity contribution is 0.0953. The maximum atomic E-state index is 11.9. The van der Waals surface area contributed by atoms with E-state index in [2.05, 4.69) is 36.2 Å². The van der Waals surface area contributed by atoms with Gasteiger partial charge in [0.15, 0.2) is 11.0 Å². The molecular formula is C9H13N7OS. The average Bonchev–Trinajstić information content (AvgIpc) is 2.96. The van der Waals surface area contributed by atoms with Gasteiger partial charge in [-0.3, -0.25) is 4.79 Å². The van der Waals surface area contributed by atoms with Crippen molar-refractivity contribution >= 4 is 22.4 Å². The van der Waals surface area contributed by atoms with Crippen LogP contribution in [0, 0.1) is 6.92 Å². The van der Waals surface area contributed by atoms with Gasteiger partial charge in [-0.05, 0) is 13.8 Å². The van der Waals surface area contributed by atoms with E-state index in [-0.39, 0.29) is 12.5 Å². The number of rotatable bonds is 5. The summed E-state index contributed by atoms with van der Waals surface area (Å²) < 4.78 is 0. The second kappa shape index (κ2) is 5.54. The zero-order chi connectivity index (χ0) is 13.0. The van der Waals surface area contributed by atoms with E-state index in [1.165, 1.54) is 11.3 Å². The zero-order valence-electron chi connectivity index (χ0n) is 10.0. The van der Waals surface area contributed by atoms with Gasteiger partial charge in [-0.1, -0.05) is 16.6 Å². The van der Waals surface area contributed by atoms with E-state index in [1.807, 2.05) is 6.92 Å². The third-order valence-electron chi connectivity index (χ3n) is 2.13. The lowest BCUT2D eigenvalue weighted by atomic mass is 10.4. The van der Waals surface area contributed by atoms with Crippen LogP contribution in [0.3, 0.4) is 0 Å². The number of aryl methyl sites for hydroxylation is 1. The lowest BCUT2D eigenvalue weighted by Gasteiger charge is -1.99. The van der Waals surface area contributed by atoms with E-state index < -0.39 is 0 Å². The molecule has 0 unspecified atom stereocenters. The van der Waals surface area contributed by atoms with Gasteiger partial charge in [-0.15, -0.1) is 10.2 Å². The minimum Gasteiger partial charge on any atom is -0.362 e. The molecule has 2 aromatic rings. The molecule has 0 radical (unpaired) electrons. The molecular weight excluding hydrogens is 254 g/mol. The summed E-state index contributed by atoms with van der Waals surface area (Å²) in [5.74, 6) is 0.261. The summed E-state index contributed by atoms with van der Waals surface area (Å²) in [5, 5.41) is 19.8. The largest absolute Gasteiger partial charge is 0.362 e. The third-order valence-corrected chi connectivity index (χ3v) is 3.24. The molecule has 18 heavy (non-hydrogen) atoms. The van der Waals surface area contributed by atoms with Gasteiger partial charge in [-0.25, -0.2) is 4.98 Å². The summed E-state index contributed by atoms with van der Waals surface area (Å²) in [4.78, 5) is 16.8. The number of H-pyrrole nitrogens is 1. The van der Waals surface area contributed by atoms with Crippen LogP contribution in [0.15, 0.2) is 0 Å². The molecule has 0 saturated carbocycles. The van der Waals surface area contributed by atoms with Crippen molar-refractivity contribution in [2.75, 3.05) is 11.9 Å². The SMILES string of the molecule is CCNc1nc(C)c(C(=O)NCc2nn[nH]n2)s1. The van der Waals surface area contributed by atoms with Gasteiger partial charge in [0.1, 0.15) is 4.88 Å². The van der Waals surface area contributed by atoms with Gasteiger partial charge >= 0.3 is 0 Å². The number of anilines is 1. The molecule has 8 nitrogen and oxygen atoms in total. The first-order chi connectivity index (χ1) is 8.70. The number of nitrogens with zero attached hydrogens (tertiary/aromatic N) is 4. The second-order valence-corrected chi connectivity index (χ2v) is 4.47. The molecule has 0 spiro atoms. The van der Waals surface area contributed by atoms with Crippen molar-refractivity contribution in [2.45, 2.75) is 20.4 Å². The maximum Gasteiger partial charge on any atom is 0.263 e. The Balaban J connectivity index is 2.00. The van der Waals surface area contributed by atoms with Crippen LogP contribution in [0.4, 0.5) is 5.13 Å². The number of nitrogens with one attached hydrogen (secondary N) is 3. The number of thiazole rings is 1. The van der Waals surface area contributed by atoms with E-state index in [0.29, 0.717) is 16.4 Å². The Morgan fingerprint density at radius 2 is 2.33 bits per heavy atom. The Hall–Kier alpha value is -2.03. The number of aromatic amines is 1. The number of tetrazole rings is 1. The van der Waals surface area contributed by atoms with Crippen molar-refractivity contribution in [3.05, 3.63) is 16.4 Å². The highest BCUT2D eigenvalue weighted by Gasteiger charge is 2.15. The Morgan fingerprint density at radius 1 is 1.50 bits per heavy atom. The van der Waals surface area contributed by atoms with E-state index in [4.69, 9.17) is 0 Å². The molecule has 96 valence electrons. The highest BCUT2D eigenvalue weighted by molar-refractivity contribution is 7.17. The molecule has 0 aliphatic carbocycles. The third kappa shape index (κ3) is 2.80. The molecule has 0 aliphatic rings. The molecule has 0 fully saturated rings. The molecule has 3 N–H and O–H groups in total. The predicted octanol–water partition coefficient (Wildman–Crippen LogP) is 0.326. The van der Waals surface area contributed by atoms with Crippen LogP contribution in [0.5, 0.6) is 0 Å². The average molecular weight is 267 g/mol. The number of hydrogen-bond donors (Lipinski definition) is 3. The Labute approximate surface area is 107 Å². The highest BCUT2D eigenvalue weighted by Crippen LogP contribution is 2.22. The van der Waals surface area contributed by atoms with Crippen LogP contribution in [-0.2, 0) is 6.54 Å². The molecule has 0 saturated heterocycles. The van der Waals surface area contributed by atoms with Gasteiger partial charge in [0.2, 0.25) is 0 Å². The second-order valence-electron chi connectivity index (χ2n) is 3.47. The van der Waals surface area contributed by atoms with E-state index in [9.17, 15) is 4.79 Å². The van der Waals surface area contributed by atoms with Crippen LogP contribution in [0.1, 0.15) is 28.1 Å². The Kier molecular flexibility index (Phi) is 3.82. The summed E-state index contributed by atoms with van der Waals surface area (Å²) in [6.45, 7) is 4.80. The number of hydrogen-bond acceptors (Lipinski definition) is 7. The zero-order valence-corrected chi connectivity index (χ0v) is 10.8. The van der Waals surface area contributed by atoms with Gasteiger partial charge in [0.05, 0.1) is 12.2 Å². The normalized spacial score (nSPS) is 10.3. The molecule has 9 heteroatoms. The molecule has 0 aliphatic heterocycles. The summed E-state index contributed by atoms with van der Waals surface area (Å²) >= 11 is 1.33. The molecule has 0 aromatic carbocycles. The summed E-state index contributed by atoms with van der Waals surface area (Å²) in [7, 11) is 0. The number of carbonyl (C=O) groups excluding carboxylic acids is 1. The fraction of sp³-hybridized carbons (Fsp3) is 0.444. The van der Waals surface area contributed by atoms with Gasteiger partial charge in [-0.2, -0.15) is 5.21 Å². The fourth-order valence-corrected chi connectivity index (χ4v) is 2.28. The molecule has 2 aromatic heterocycles. The molecule has 0 bridgehead atoms. The maximum absolute atomic E-state index is 11.9. The van der Waals surface area contributed by atoms with Crippen molar-refractivity contribution in [2.24, 2.45) is 0 Å². The number of amides is 1. The van der Waals surface area contributed by atoms with Crippen molar-refractivity contribution in [3.8, 4) is 0 Å².